The van der Waals surface area contributed by atoms with Crippen LogP contribution < -0.4 is 9.80 Å². The lowest BCUT2D eigenvalue weighted by Gasteiger charge is -2.36. The number of nitrogens with zero attached hydrogens (tertiary/aromatic N) is 5. The smallest absolute Gasteiger partial charge is 0.353 e. The lowest BCUT2D eigenvalue weighted by atomic mass is 10.2. The van der Waals surface area contributed by atoms with Crippen LogP contribution in [0.3, 0.4) is 0 Å². The third kappa shape index (κ3) is 3.10. The maximum Gasteiger partial charge on any atom is 0.416 e. The van der Waals surface area contributed by atoms with Crippen molar-refractivity contribution in [3.05, 3.63) is 42.5 Å². The predicted molar refractivity (Wildman–Crippen MR) is 75.7 cm³/mol. The molecule has 8 heteroatoms. The third-order valence-electron chi connectivity index (χ3n) is 3.57. The van der Waals surface area contributed by atoms with Crippen molar-refractivity contribution < 1.29 is 13.2 Å². The molecule has 0 atom stereocenters. The second-order valence-corrected chi connectivity index (χ2v) is 4.94. The molecule has 1 fully saturated rings. The summed E-state index contributed by atoms with van der Waals surface area (Å²) in [4.78, 5) is 16.0. The number of piperazine rings is 1. The highest BCUT2D eigenvalue weighted by molar-refractivity contribution is 5.45. The molecule has 3 heterocycles. The zero-order valence-electron chi connectivity index (χ0n) is 11.7. The second-order valence-electron chi connectivity index (χ2n) is 4.94. The van der Waals surface area contributed by atoms with Crippen molar-refractivity contribution in [1.29, 1.82) is 0 Å². The van der Waals surface area contributed by atoms with Gasteiger partial charge < -0.3 is 9.80 Å². The van der Waals surface area contributed by atoms with E-state index in [-0.39, 0.29) is 0 Å². The molecule has 1 aliphatic rings. The molecule has 5 nitrogen and oxygen atoms in total. The maximum absolute atomic E-state index is 12.7. The van der Waals surface area contributed by atoms with Gasteiger partial charge in [-0.15, -0.1) is 0 Å². The van der Waals surface area contributed by atoms with E-state index in [1.165, 1.54) is 12.5 Å². The standard InChI is InChI=1S/C14H14F3N5/c15-14(16,17)11-1-4-19-13(9-11)22-7-5-21(6-8-22)12-2-3-18-10-20-12/h1-4,9-10H,5-8H2. The third-order valence-corrected chi connectivity index (χ3v) is 3.57. The number of hydrogen-bond acceptors (Lipinski definition) is 5. The Kier molecular flexibility index (Phi) is 3.82. The summed E-state index contributed by atoms with van der Waals surface area (Å²) in [5.74, 6) is 1.18. The first-order valence-electron chi connectivity index (χ1n) is 6.83. The molecule has 0 spiro atoms. The van der Waals surface area contributed by atoms with Gasteiger partial charge in [0, 0.05) is 38.6 Å². The molecule has 2 aromatic rings. The quantitative estimate of drug-likeness (QED) is 0.851. The molecule has 0 radical (unpaired) electrons. The first kappa shape index (κ1) is 14.6. The van der Waals surface area contributed by atoms with Crippen molar-refractivity contribution in [2.75, 3.05) is 36.0 Å². The van der Waals surface area contributed by atoms with Gasteiger partial charge >= 0.3 is 6.18 Å². The Bertz CT molecular complexity index is 624. The monoisotopic (exact) mass is 309 g/mol. The number of aromatic nitrogens is 3. The Morgan fingerprint density at radius 3 is 2.14 bits per heavy atom. The highest BCUT2D eigenvalue weighted by Gasteiger charge is 2.31. The summed E-state index contributed by atoms with van der Waals surface area (Å²) in [5.41, 5.74) is -0.671. The fourth-order valence-corrected chi connectivity index (χ4v) is 2.40. The fraction of sp³-hybridized carbons (Fsp3) is 0.357. The molecule has 116 valence electrons. The van der Waals surface area contributed by atoms with E-state index < -0.39 is 11.7 Å². The molecule has 0 N–H and O–H groups in total. The first-order valence-corrected chi connectivity index (χ1v) is 6.83. The normalized spacial score (nSPS) is 16.0. The molecular weight excluding hydrogens is 295 g/mol. The average Bonchev–Trinajstić information content (AvgIpc) is 2.55. The van der Waals surface area contributed by atoms with Gasteiger partial charge in [-0.2, -0.15) is 13.2 Å². The molecule has 2 aromatic heterocycles. The van der Waals surface area contributed by atoms with Crippen molar-refractivity contribution in [3.8, 4) is 0 Å². The van der Waals surface area contributed by atoms with E-state index in [4.69, 9.17) is 0 Å². The predicted octanol–water partition coefficient (Wildman–Crippen LogP) is 2.22. The highest BCUT2D eigenvalue weighted by Crippen LogP contribution is 2.31. The van der Waals surface area contributed by atoms with E-state index in [1.807, 2.05) is 11.0 Å². The van der Waals surface area contributed by atoms with Gasteiger partial charge in [-0.1, -0.05) is 0 Å². The van der Waals surface area contributed by atoms with Crippen LogP contribution in [0.4, 0.5) is 24.8 Å². The van der Waals surface area contributed by atoms with Crippen molar-refractivity contribution in [2.45, 2.75) is 6.18 Å². The number of hydrogen-bond donors (Lipinski definition) is 0. The summed E-state index contributed by atoms with van der Waals surface area (Å²) in [6.07, 6.45) is 0.00849. The van der Waals surface area contributed by atoms with E-state index >= 15 is 0 Å². The lowest BCUT2D eigenvalue weighted by molar-refractivity contribution is -0.137. The van der Waals surface area contributed by atoms with Gasteiger partial charge in [0.25, 0.3) is 0 Å². The molecular formula is C14H14F3N5. The van der Waals surface area contributed by atoms with Gasteiger partial charge in [0.15, 0.2) is 0 Å². The van der Waals surface area contributed by atoms with Gasteiger partial charge in [-0.05, 0) is 18.2 Å². The molecule has 0 unspecified atom stereocenters. The number of pyridine rings is 1. The average molecular weight is 309 g/mol. The summed E-state index contributed by atoms with van der Waals surface area (Å²) in [5, 5.41) is 0. The van der Waals surface area contributed by atoms with Gasteiger partial charge in [-0.25, -0.2) is 15.0 Å². The molecule has 22 heavy (non-hydrogen) atoms. The van der Waals surface area contributed by atoms with Crippen molar-refractivity contribution in [3.63, 3.8) is 0 Å². The summed E-state index contributed by atoms with van der Waals surface area (Å²) in [6, 6.07) is 3.90. The SMILES string of the molecule is FC(F)(F)c1ccnc(N2CCN(c3ccncn3)CC2)c1. The first-order chi connectivity index (χ1) is 10.5. The minimum atomic E-state index is -4.35. The zero-order chi connectivity index (χ0) is 15.6. The Balaban J connectivity index is 1.69. The number of anilines is 2. The Hall–Kier alpha value is -2.38. The number of alkyl halides is 3. The van der Waals surface area contributed by atoms with Crippen molar-refractivity contribution >= 4 is 11.6 Å². The van der Waals surface area contributed by atoms with Gasteiger partial charge in [0.2, 0.25) is 0 Å². The van der Waals surface area contributed by atoms with Crippen LogP contribution in [0.5, 0.6) is 0 Å². The molecule has 0 aromatic carbocycles. The summed E-state index contributed by atoms with van der Waals surface area (Å²) < 4.78 is 38.2. The number of halogens is 3. The van der Waals surface area contributed by atoms with E-state index in [9.17, 15) is 13.2 Å². The van der Waals surface area contributed by atoms with Crippen LogP contribution in [-0.2, 0) is 6.18 Å². The molecule has 0 saturated carbocycles. The Morgan fingerprint density at radius 1 is 0.864 bits per heavy atom. The lowest BCUT2D eigenvalue weighted by Crippen LogP contribution is -2.47. The van der Waals surface area contributed by atoms with Gasteiger partial charge in [0.05, 0.1) is 5.56 Å². The topological polar surface area (TPSA) is 45.2 Å². The maximum atomic E-state index is 12.7. The van der Waals surface area contributed by atoms with Crippen LogP contribution in [0.1, 0.15) is 5.56 Å². The zero-order valence-corrected chi connectivity index (χ0v) is 11.7. The Morgan fingerprint density at radius 2 is 1.55 bits per heavy atom. The molecule has 1 saturated heterocycles. The van der Waals surface area contributed by atoms with Crippen molar-refractivity contribution in [2.24, 2.45) is 0 Å². The molecule has 0 bridgehead atoms. The van der Waals surface area contributed by atoms with Crippen LogP contribution in [0, 0.1) is 0 Å². The molecule has 3 rings (SSSR count). The second kappa shape index (κ2) is 5.78. The van der Waals surface area contributed by atoms with Crippen LogP contribution >= 0.6 is 0 Å². The van der Waals surface area contributed by atoms with E-state index in [2.05, 4.69) is 19.9 Å². The van der Waals surface area contributed by atoms with Crippen molar-refractivity contribution in [1.82, 2.24) is 15.0 Å². The number of rotatable bonds is 2. The van der Waals surface area contributed by atoms with Gasteiger partial charge in [0.1, 0.15) is 18.0 Å². The summed E-state index contributed by atoms with van der Waals surface area (Å²) >= 11 is 0. The van der Waals surface area contributed by atoms with Crippen LogP contribution in [0.25, 0.3) is 0 Å². The van der Waals surface area contributed by atoms with Crippen LogP contribution in [0.15, 0.2) is 36.9 Å². The highest BCUT2D eigenvalue weighted by atomic mass is 19.4. The summed E-state index contributed by atoms with van der Waals surface area (Å²) in [6.45, 7) is 2.54. The largest absolute Gasteiger partial charge is 0.416 e. The molecule has 0 aliphatic carbocycles. The molecule has 0 amide bonds. The minimum Gasteiger partial charge on any atom is -0.353 e. The van der Waals surface area contributed by atoms with Gasteiger partial charge in [-0.3, -0.25) is 0 Å². The van der Waals surface area contributed by atoms with Crippen LogP contribution in [-0.4, -0.2) is 41.1 Å². The van der Waals surface area contributed by atoms with E-state index in [1.54, 1.807) is 6.20 Å². The minimum absolute atomic E-state index is 0.358. The van der Waals surface area contributed by atoms with E-state index in [0.29, 0.717) is 32.0 Å². The summed E-state index contributed by atoms with van der Waals surface area (Å²) in [7, 11) is 0. The van der Waals surface area contributed by atoms with E-state index in [0.717, 1.165) is 18.0 Å². The molecule has 1 aliphatic heterocycles. The Labute approximate surface area is 125 Å². The fourth-order valence-electron chi connectivity index (χ4n) is 2.40. The van der Waals surface area contributed by atoms with Crippen LogP contribution in [0.2, 0.25) is 0 Å².